The lowest BCUT2D eigenvalue weighted by molar-refractivity contribution is -0.137. The largest absolute Gasteiger partial charge is 0.481 e. The summed E-state index contributed by atoms with van der Waals surface area (Å²) >= 11 is 0. The van der Waals surface area contributed by atoms with Crippen LogP contribution in [-0.4, -0.2) is 11.1 Å². The fraction of sp³-hybridized carbons (Fsp3) is 0.870. The molecule has 0 atom stereocenters. The highest BCUT2D eigenvalue weighted by Crippen LogP contribution is 2.12. The van der Waals surface area contributed by atoms with Gasteiger partial charge in [0.05, 0.1) is 0 Å². The number of rotatable bonds is 20. The monoisotopic (exact) mass is 352 g/mol. The van der Waals surface area contributed by atoms with Crippen LogP contribution in [0.25, 0.3) is 0 Å². The van der Waals surface area contributed by atoms with Gasteiger partial charge in [0.2, 0.25) is 0 Å². The molecule has 0 aromatic rings. The van der Waals surface area contributed by atoms with E-state index in [1.807, 2.05) is 0 Å². The molecule has 0 aliphatic heterocycles. The van der Waals surface area contributed by atoms with Gasteiger partial charge in [-0.2, -0.15) is 0 Å². The maximum atomic E-state index is 10.4. The van der Waals surface area contributed by atoms with Crippen molar-refractivity contribution in [1.82, 2.24) is 0 Å². The van der Waals surface area contributed by atoms with Gasteiger partial charge in [-0.25, -0.2) is 0 Å². The van der Waals surface area contributed by atoms with Gasteiger partial charge in [-0.15, -0.1) is 0 Å². The van der Waals surface area contributed by atoms with Gasteiger partial charge < -0.3 is 5.11 Å². The quantitative estimate of drug-likeness (QED) is 0.178. The summed E-state index contributed by atoms with van der Waals surface area (Å²) in [6, 6.07) is 0. The van der Waals surface area contributed by atoms with Crippen molar-refractivity contribution in [2.75, 3.05) is 0 Å². The van der Waals surface area contributed by atoms with Gasteiger partial charge in [-0.1, -0.05) is 103 Å². The molecule has 0 spiro atoms. The lowest BCUT2D eigenvalue weighted by atomic mass is 10.1. The second-order valence-corrected chi connectivity index (χ2v) is 7.50. The Morgan fingerprint density at radius 3 is 1.36 bits per heavy atom. The first-order chi connectivity index (χ1) is 12.3. The van der Waals surface area contributed by atoms with Crippen LogP contribution in [0.15, 0.2) is 12.2 Å². The minimum Gasteiger partial charge on any atom is -0.481 e. The normalized spacial score (nSPS) is 11.4. The van der Waals surface area contributed by atoms with E-state index in [2.05, 4.69) is 19.1 Å². The van der Waals surface area contributed by atoms with Crippen molar-refractivity contribution < 1.29 is 9.90 Å². The van der Waals surface area contributed by atoms with Crippen LogP contribution in [0, 0.1) is 0 Å². The summed E-state index contributed by atoms with van der Waals surface area (Å²) in [5, 5.41) is 8.56. The number of unbranched alkanes of at least 4 members (excludes halogenated alkanes) is 16. The highest BCUT2D eigenvalue weighted by molar-refractivity contribution is 5.66. The van der Waals surface area contributed by atoms with Gasteiger partial charge in [-0.3, -0.25) is 4.79 Å². The second-order valence-electron chi connectivity index (χ2n) is 7.50. The molecule has 0 fully saturated rings. The van der Waals surface area contributed by atoms with E-state index in [-0.39, 0.29) is 0 Å². The molecule has 1 N–H and O–H groups in total. The predicted octanol–water partition coefficient (Wildman–Crippen LogP) is 8.06. The van der Waals surface area contributed by atoms with Crippen LogP contribution in [0.3, 0.4) is 0 Å². The Kier molecular flexibility index (Phi) is 20.6. The summed E-state index contributed by atoms with van der Waals surface area (Å²) in [5.41, 5.74) is 0. The Labute approximate surface area is 157 Å². The molecular weight excluding hydrogens is 308 g/mol. The molecule has 0 amide bonds. The summed E-state index contributed by atoms with van der Waals surface area (Å²) in [7, 11) is 0. The summed E-state index contributed by atoms with van der Waals surface area (Å²) in [6.45, 7) is 2.28. The van der Waals surface area contributed by atoms with Crippen LogP contribution in [0.5, 0.6) is 0 Å². The van der Waals surface area contributed by atoms with Crippen molar-refractivity contribution in [3.63, 3.8) is 0 Å². The van der Waals surface area contributed by atoms with E-state index in [0.717, 1.165) is 12.8 Å². The number of hydrogen-bond acceptors (Lipinski definition) is 1. The standard InChI is InChI=1S/C23H44O2/c1-2-3-4-5-6-7-8-9-10-11-12-13-14-15-16-17-18-19-20-21-22-23(24)25/h12-13H,2-11,14-22H2,1H3,(H,24,25)/b13-12-. The molecule has 0 unspecified atom stereocenters. The minimum absolute atomic E-state index is 0.337. The first-order valence-corrected chi connectivity index (χ1v) is 11.1. The highest BCUT2D eigenvalue weighted by atomic mass is 16.4. The zero-order valence-corrected chi connectivity index (χ0v) is 16.9. The number of hydrogen-bond donors (Lipinski definition) is 1. The van der Waals surface area contributed by atoms with Gasteiger partial charge in [0.1, 0.15) is 0 Å². The van der Waals surface area contributed by atoms with E-state index >= 15 is 0 Å². The molecule has 25 heavy (non-hydrogen) atoms. The molecule has 0 bridgehead atoms. The Morgan fingerprint density at radius 1 is 0.600 bits per heavy atom. The molecular formula is C23H44O2. The molecule has 0 aromatic carbocycles. The van der Waals surface area contributed by atoms with Crippen LogP contribution >= 0.6 is 0 Å². The fourth-order valence-electron chi connectivity index (χ4n) is 3.23. The van der Waals surface area contributed by atoms with Gasteiger partial charge >= 0.3 is 5.97 Å². The number of carboxylic acids is 1. The van der Waals surface area contributed by atoms with E-state index in [1.54, 1.807) is 0 Å². The fourth-order valence-corrected chi connectivity index (χ4v) is 3.23. The number of aliphatic carboxylic acids is 1. The van der Waals surface area contributed by atoms with Crippen molar-refractivity contribution in [2.24, 2.45) is 0 Å². The third kappa shape index (κ3) is 23.2. The Bertz CT molecular complexity index is 296. The third-order valence-corrected chi connectivity index (χ3v) is 4.90. The van der Waals surface area contributed by atoms with Crippen molar-refractivity contribution in [3.8, 4) is 0 Å². The maximum Gasteiger partial charge on any atom is 0.303 e. The van der Waals surface area contributed by atoms with E-state index in [4.69, 9.17) is 5.11 Å². The van der Waals surface area contributed by atoms with Gasteiger partial charge in [0.15, 0.2) is 0 Å². The molecule has 0 rings (SSSR count). The number of allylic oxidation sites excluding steroid dienone is 2. The average molecular weight is 353 g/mol. The zero-order chi connectivity index (χ0) is 18.4. The molecule has 0 saturated carbocycles. The van der Waals surface area contributed by atoms with Gasteiger partial charge in [0.25, 0.3) is 0 Å². The van der Waals surface area contributed by atoms with Crippen LogP contribution < -0.4 is 0 Å². The SMILES string of the molecule is CCCCCCCCCCC/C=C\CCCCCCCCCC(=O)O. The number of carbonyl (C=O) groups is 1. The Balaban J connectivity index is 3.07. The van der Waals surface area contributed by atoms with Crippen molar-refractivity contribution >= 4 is 5.97 Å². The van der Waals surface area contributed by atoms with Crippen molar-refractivity contribution in [1.29, 1.82) is 0 Å². The zero-order valence-electron chi connectivity index (χ0n) is 16.9. The number of carboxylic acid groups (broad SMARTS) is 1. The molecule has 0 heterocycles. The Morgan fingerprint density at radius 2 is 0.960 bits per heavy atom. The third-order valence-electron chi connectivity index (χ3n) is 4.90. The van der Waals surface area contributed by atoms with E-state index in [0.29, 0.717) is 6.42 Å². The molecule has 2 nitrogen and oxygen atoms in total. The first-order valence-electron chi connectivity index (χ1n) is 11.1. The maximum absolute atomic E-state index is 10.4. The van der Waals surface area contributed by atoms with E-state index < -0.39 is 5.97 Å². The van der Waals surface area contributed by atoms with Crippen LogP contribution in [0.2, 0.25) is 0 Å². The van der Waals surface area contributed by atoms with Gasteiger partial charge in [-0.05, 0) is 32.1 Å². The molecule has 0 radical (unpaired) electrons. The minimum atomic E-state index is -0.658. The van der Waals surface area contributed by atoms with E-state index in [9.17, 15) is 4.79 Å². The molecule has 0 saturated heterocycles. The summed E-state index contributed by atoms with van der Waals surface area (Å²) in [6.07, 6.45) is 28.6. The molecule has 148 valence electrons. The van der Waals surface area contributed by atoms with E-state index in [1.165, 1.54) is 103 Å². The average Bonchev–Trinajstić information content (AvgIpc) is 2.60. The molecule has 0 aromatic heterocycles. The summed E-state index contributed by atoms with van der Waals surface area (Å²) < 4.78 is 0. The molecule has 0 aliphatic carbocycles. The second kappa shape index (κ2) is 21.3. The summed E-state index contributed by atoms with van der Waals surface area (Å²) in [5.74, 6) is -0.658. The smallest absolute Gasteiger partial charge is 0.303 e. The van der Waals surface area contributed by atoms with Gasteiger partial charge in [0, 0.05) is 6.42 Å². The highest BCUT2D eigenvalue weighted by Gasteiger charge is 1.96. The Hall–Kier alpha value is -0.790. The van der Waals surface area contributed by atoms with Crippen LogP contribution in [0.1, 0.15) is 129 Å². The topological polar surface area (TPSA) is 37.3 Å². The first kappa shape index (κ1) is 24.2. The molecule has 2 heteroatoms. The lowest BCUT2D eigenvalue weighted by Crippen LogP contribution is -1.93. The predicted molar refractivity (Wildman–Crippen MR) is 110 cm³/mol. The summed E-state index contributed by atoms with van der Waals surface area (Å²) in [4.78, 5) is 10.4. The lowest BCUT2D eigenvalue weighted by Gasteiger charge is -2.01. The van der Waals surface area contributed by atoms with Crippen LogP contribution in [0.4, 0.5) is 0 Å². The van der Waals surface area contributed by atoms with Crippen LogP contribution in [-0.2, 0) is 4.79 Å². The van der Waals surface area contributed by atoms with Crippen molar-refractivity contribution in [3.05, 3.63) is 12.2 Å². The van der Waals surface area contributed by atoms with Crippen molar-refractivity contribution in [2.45, 2.75) is 129 Å². The molecule has 0 aliphatic rings.